The van der Waals surface area contributed by atoms with E-state index in [0.29, 0.717) is 18.8 Å². The minimum atomic E-state index is -0.849. The van der Waals surface area contributed by atoms with Gasteiger partial charge < -0.3 is 20.1 Å². The van der Waals surface area contributed by atoms with E-state index in [4.69, 9.17) is 9.84 Å². The maximum absolute atomic E-state index is 12.3. The second-order valence-corrected chi connectivity index (χ2v) is 5.35. The van der Waals surface area contributed by atoms with Crippen LogP contribution in [-0.4, -0.2) is 42.2 Å². The number of urea groups is 1. The third kappa shape index (κ3) is 3.52. The lowest BCUT2D eigenvalue weighted by Crippen LogP contribution is -2.34. The van der Waals surface area contributed by atoms with Crippen LogP contribution in [0.15, 0.2) is 24.3 Å². The van der Waals surface area contributed by atoms with Gasteiger partial charge in [-0.3, -0.25) is 4.79 Å². The Balaban J connectivity index is 2.04. The molecule has 6 heteroatoms. The lowest BCUT2D eigenvalue weighted by Gasteiger charge is -2.18. The standard InChI is InChI=1S/C15H20N2O4/c1-10-7-17(8-12(10)14(18)19)15(20)16-13-6-4-3-5-11(13)9-21-2/h3-6,10,12H,7-9H2,1-2H3,(H,16,20)(H,18,19)/t10-,12-/m1/s1. The van der Waals surface area contributed by atoms with Crippen molar-refractivity contribution in [3.8, 4) is 0 Å². The second-order valence-electron chi connectivity index (χ2n) is 5.35. The summed E-state index contributed by atoms with van der Waals surface area (Å²) in [5.41, 5.74) is 1.58. The van der Waals surface area contributed by atoms with E-state index in [1.165, 1.54) is 0 Å². The molecule has 0 saturated carbocycles. The molecule has 0 unspecified atom stereocenters. The number of hydrogen-bond acceptors (Lipinski definition) is 3. The second kappa shape index (κ2) is 6.58. The van der Waals surface area contributed by atoms with E-state index in [9.17, 15) is 9.59 Å². The topological polar surface area (TPSA) is 78.9 Å². The molecule has 1 aliphatic heterocycles. The number of amides is 2. The van der Waals surface area contributed by atoms with Gasteiger partial charge >= 0.3 is 12.0 Å². The SMILES string of the molecule is COCc1ccccc1NC(=O)N1C[C@@H](C)[C@H](C(=O)O)C1. The molecule has 21 heavy (non-hydrogen) atoms. The average Bonchev–Trinajstić information content (AvgIpc) is 2.83. The van der Waals surface area contributed by atoms with Gasteiger partial charge in [0, 0.05) is 31.5 Å². The highest BCUT2D eigenvalue weighted by Crippen LogP contribution is 2.24. The lowest BCUT2D eigenvalue weighted by atomic mass is 9.99. The fraction of sp³-hybridized carbons (Fsp3) is 0.467. The van der Waals surface area contributed by atoms with Crippen LogP contribution in [-0.2, 0) is 16.1 Å². The molecule has 0 radical (unpaired) electrons. The summed E-state index contributed by atoms with van der Waals surface area (Å²) in [6, 6.07) is 7.13. The van der Waals surface area contributed by atoms with Crippen LogP contribution in [0.4, 0.5) is 10.5 Å². The average molecular weight is 292 g/mol. The van der Waals surface area contributed by atoms with Gasteiger partial charge in [0.05, 0.1) is 12.5 Å². The Morgan fingerprint density at radius 2 is 2.10 bits per heavy atom. The summed E-state index contributed by atoms with van der Waals surface area (Å²) < 4.78 is 5.10. The predicted octanol–water partition coefficient (Wildman–Crippen LogP) is 2.02. The van der Waals surface area contributed by atoms with Gasteiger partial charge in [-0.15, -0.1) is 0 Å². The molecular formula is C15H20N2O4. The van der Waals surface area contributed by atoms with Crippen molar-refractivity contribution in [2.75, 3.05) is 25.5 Å². The largest absolute Gasteiger partial charge is 0.481 e. The van der Waals surface area contributed by atoms with Crippen molar-refractivity contribution in [1.29, 1.82) is 0 Å². The normalized spacial score (nSPS) is 21.3. The van der Waals surface area contributed by atoms with E-state index < -0.39 is 11.9 Å². The van der Waals surface area contributed by atoms with Crippen molar-refractivity contribution in [2.24, 2.45) is 11.8 Å². The summed E-state index contributed by atoms with van der Waals surface area (Å²) in [5.74, 6) is -1.38. The number of carboxylic acids is 1. The van der Waals surface area contributed by atoms with Crippen LogP contribution in [0.3, 0.4) is 0 Å². The van der Waals surface area contributed by atoms with Crippen LogP contribution >= 0.6 is 0 Å². The molecule has 0 aliphatic carbocycles. The Kier molecular flexibility index (Phi) is 4.80. The van der Waals surface area contributed by atoms with Crippen LogP contribution in [0.2, 0.25) is 0 Å². The van der Waals surface area contributed by atoms with E-state index in [-0.39, 0.29) is 18.5 Å². The highest BCUT2D eigenvalue weighted by atomic mass is 16.5. The van der Waals surface area contributed by atoms with Gasteiger partial charge in [0.15, 0.2) is 0 Å². The van der Waals surface area contributed by atoms with E-state index >= 15 is 0 Å². The van der Waals surface area contributed by atoms with E-state index in [2.05, 4.69) is 5.32 Å². The molecule has 1 aliphatic rings. The van der Waals surface area contributed by atoms with Crippen LogP contribution in [0.1, 0.15) is 12.5 Å². The molecule has 6 nitrogen and oxygen atoms in total. The number of para-hydroxylation sites is 1. The van der Waals surface area contributed by atoms with Gasteiger partial charge in [0.25, 0.3) is 0 Å². The molecule has 1 aromatic carbocycles. The number of carboxylic acid groups (broad SMARTS) is 1. The Labute approximate surface area is 123 Å². The van der Waals surface area contributed by atoms with E-state index in [1.54, 1.807) is 18.1 Å². The first-order valence-corrected chi connectivity index (χ1v) is 6.88. The number of hydrogen-bond donors (Lipinski definition) is 2. The first kappa shape index (κ1) is 15.3. The summed E-state index contributed by atoms with van der Waals surface area (Å²) in [4.78, 5) is 24.9. The summed E-state index contributed by atoms with van der Waals surface area (Å²) in [5, 5.41) is 11.9. The number of ether oxygens (including phenoxy) is 1. The smallest absolute Gasteiger partial charge is 0.321 e. The van der Waals surface area contributed by atoms with Gasteiger partial charge in [-0.1, -0.05) is 25.1 Å². The van der Waals surface area contributed by atoms with E-state index in [1.807, 2.05) is 25.1 Å². The molecular weight excluding hydrogens is 272 g/mol. The maximum atomic E-state index is 12.3. The number of methoxy groups -OCH3 is 1. The molecule has 2 N–H and O–H groups in total. The minimum Gasteiger partial charge on any atom is -0.481 e. The number of nitrogens with one attached hydrogen (secondary N) is 1. The van der Waals surface area contributed by atoms with Gasteiger partial charge in [-0.25, -0.2) is 4.79 Å². The number of aliphatic carboxylic acids is 1. The monoisotopic (exact) mass is 292 g/mol. The molecule has 2 rings (SSSR count). The Morgan fingerprint density at radius 3 is 2.71 bits per heavy atom. The fourth-order valence-corrected chi connectivity index (χ4v) is 2.57. The molecule has 0 bridgehead atoms. The molecule has 0 spiro atoms. The highest BCUT2D eigenvalue weighted by molar-refractivity contribution is 5.90. The third-order valence-corrected chi connectivity index (χ3v) is 3.78. The first-order chi connectivity index (χ1) is 10.0. The lowest BCUT2D eigenvalue weighted by molar-refractivity contribution is -0.142. The summed E-state index contributed by atoms with van der Waals surface area (Å²) in [6.07, 6.45) is 0. The zero-order chi connectivity index (χ0) is 15.4. The van der Waals surface area contributed by atoms with Crippen LogP contribution in [0, 0.1) is 11.8 Å². The van der Waals surface area contributed by atoms with Crippen molar-refractivity contribution in [3.63, 3.8) is 0 Å². The maximum Gasteiger partial charge on any atom is 0.321 e. The molecule has 2 amide bonds. The van der Waals surface area contributed by atoms with Crippen LogP contribution in [0.25, 0.3) is 0 Å². The summed E-state index contributed by atoms with van der Waals surface area (Å²) >= 11 is 0. The molecule has 2 atom stereocenters. The zero-order valence-corrected chi connectivity index (χ0v) is 12.2. The number of carbonyl (C=O) groups excluding carboxylic acids is 1. The van der Waals surface area contributed by atoms with Gasteiger partial charge in [-0.05, 0) is 12.0 Å². The first-order valence-electron chi connectivity index (χ1n) is 6.88. The highest BCUT2D eigenvalue weighted by Gasteiger charge is 2.37. The number of carbonyl (C=O) groups is 2. The number of benzene rings is 1. The van der Waals surface area contributed by atoms with Crippen LogP contribution < -0.4 is 5.32 Å². The van der Waals surface area contributed by atoms with Gasteiger partial charge in [0.1, 0.15) is 0 Å². The molecule has 114 valence electrons. The molecule has 1 fully saturated rings. The number of nitrogens with zero attached hydrogens (tertiary/aromatic N) is 1. The van der Waals surface area contributed by atoms with Crippen molar-refractivity contribution in [3.05, 3.63) is 29.8 Å². The third-order valence-electron chi connectivity index (χ3n) is 3.78. The molecule has 1 aromatic rings. The van der Waals surface area contributed by atoms with Gasteiger partial charge in [0.2, 0.25) is 0 Å². The number of rotatable bonds is 4. The quantitative estimate of drug-likeness (QED) is 0.890. The summed E-state index contributed by atoms with van der Waals surface area (Å²) in [6.45, 7) is 2.96. The predicted molar refractivity (Wildman–Crippen MR) is 78.0 cm³/mol. The Hall–Kier alpha value is -2.08. The Morgan fingerprint density at radius 1 is 1.38 bits per heavy atom. The molecule has 1 heterocycles. The molecule has 1 saturated heterocycles. The van der Waals surface area contributed by atoms with E-state index in [0.717, 1.165) is 5.56 Å². The molecule has 0 aromatic heterocycles. The van der Waals surface area contributed by atoms with Crippen molar-refractivity contribution < 1.29 is 19.4 Å². The van der Waals surface area contributed by atoms with Gasteiger partial charge in [-0.2, -0.15) is 0 Å². The fourth-order valence-electron chi connectivity index (χ4n) is 2.57. The van der Waals surface area contributed by atoms with Crippen molar-refractivity contribution >= 4 is 17.7 Å². The number of likely N-dealkylation sites (tertiary alicyclic amines) is 1. The summed E-state index contributed by atoms with van der Waals surface area (Å²) in [7, 11) is 1.60. The van der Waals surface area contributed by atoms with Crippen molar-refractivity contribution in [2.45, 2.75) is 13.5 Å². The Bertz CT molecular complexity index is 532. The van der Waals surface area contributed by atoms with Crippen molar-refractivity contribution in [1.82, 2.24) is 4.90 Å². The minimum absolute atomic E-state index is 0.0394. The van der Waals surface area contributed by atoms with Crippen LogP contribution in [0.5, 0.6) is 0 Å². The zero-order valence-electron chi connectivity index (χ0n) is 12.2. The number of anilines is 1.